The monoisotopic (exact) mass is 592 g/mol. The van der Waals surface area contributed by atoms with E-state index in [1.165, 1.54) is 64.7 Å². The summed E-state index contributed by atoms with van der Waals surface area (Å²) in [6.07, 6.45) is 6.88. The standard InChI is InChI=1S/C42H29BOS/c1-2-15-33(16-3-1)43-37-20-5-6-21-39(37)44-40-27-31(23-24-38(40)43)29-12-8-11-28(25-29)30-13-9-14-32(26-30)34-18-10-19-36-35-17-4-7-22-41(35)45-42(34)36/h1-3,5-16,18-27H,4,17H2. The van der Waals surface area contributed by atoms with Crippen LogP contribution in [-0.4, -0.2) is 6.71 Å². The molecule has 212 valence electrons. The van der Waals surface area contributed by atoms with E-state index in [2.05, 4.69) is 152 Å². The molecule has 1 aromatic heterocycles. The molecule has 45 heavy (non-hydrogen) atoms. The minimum Gasteiger partial charge on any atom is -0.458 e. The van der Waals surface area contributed by atoms with Crippen LogP contribution >= 0.6 is 11.3 Å². The Morgan fingerprint density at radius 1 is 0.556 bits per heavy atom. The van der Waals surface area contributed by atoms with Gasteiger partial charge in [0.2, 0.25) is 0 Å². The fourth-order valence-electron chi connectivity index (χ4n) is 7.11. The molecule has 2 heterocycles. The molecule has 0 amide bonds. The fourth-order valence-corrected chi connectivity index (χ4v) is 8.43. The zero-order valence-corrected chi connectivity index (χ0v) is 25.6. The van der Waals surface area contributed by atoms with Crippen molar-refractivity contribution in [2.24, 2.45) is 0 Å². The second-order valence-corrected chi connectivity index (χ2v) is 13.0. The molecule has 0 N–H and O–H groups in total. The first-order chi connectivity index (χ1) is 22.3. The van der Waals surface area contributed by atoms with Gasteiger partial charge in [-0.3, -0.25) is 0 Å². The Kier molecular flexibility index (Phi) is 6.31. The largest absolute Gasteiger partial charge is 0.458 e. The zero-order chi connectivity index (χ0) is 29.7. The van der Waals surface area contributed by atoms with Crippen molar-refractivity contribution in [3.8, 4) is 44.9 Å². The quantitative estimate of drug-likeness (QED) is 0.185. The first kappa shape index (κ1) is 26.3. The Morgan fingerprint density at radius 2 is 1.24 bits per heavy atom. The van der Waals surface area contributed by atoms with E-state index in [1.54, 1.807) is 0 Å². The summed E-state index contributed by atoms with van der Waals surface area (Å²) in [5, 5.41) is 1.41. The Bertz CT molecular complexity index is 2260. The Morgan fingerprint density at radius 3 is 2.09 bits per heavy atom. The van der Waals surface area contributed by atoms with Crippen LogP contribution in [0.15, 0.2) is 146 Å². The number of allylic oxidation sites excluding steroid dienone is 1. The number of fused-ring (bicyclic) bond motifs is 5. The lowest BCUT2D eigenvalue weighted by Crippen LogP contribution is -2.54. The van der Waals surface area contributed by atoms with E-state index in [9.17, 15) is 0 Å². The number of para-hydroxylation sites is 1. The second kappa shape index (κ2) is 10.8. The van der Waals surface area contributed by atoms with Crippen molar-refractivity contribution >= 4 is 50.6 Å². The van der Waals surface area contributed by atoms with Gasteiger partial charge >= 0.3 is 0 Å². The van der Waals surface area contributed by atoms with E-state index >= 15 is 0 Å². The molecule has 3 heteroatoms. The minimum atomic E-state index is 0.142. The van der Waals surface area contributed by atoms with E-state index in [0.717, 1.165) is 29.9 Å². The molecule has 0 saturated heterocycles. The molecule has 0 unspecified atom stereocenters. The highest BCUT2D eigenvalue weighted by Gasteiger charge is 2.32. The van der Waals surface area contributed by atoms with E-state index in [-0.39, 0.29) is 6.71 Å². The molecular formula is C42H29BOS. The molecular weight excluding hydrogens is 563 g/mol. The van der Waals surface area contributed by atoms with Crippen LogP contribution in [0.4, 0.5) is 0 Å². The first-order valence-electron chi connectivity index (χ1n) is 15.7. The smallest absolute Gasteiger partial charge is 0.250 e. The first-order valence-corrected chi connectivity index (χ1v) is 16.5. The van der Waals surface area contributed by atoms with Gasteiger partial charge in [0.1, 0.15) is 11.5 Å². The van der Waals surface area contributed by atoms with Gasteiger partial charge in [-0.25, -0.2) is 0 Å². The average molecular weight is 593 g/mol. The third-order valence-corrected chi connectivity index (χ3v) is 10.5. The van der Waals surface area contributed by atoms with Crippen molar-refractivity contribution < 1.29 is 4.74 Å². The molecule has 6 aromatic carbocycles. The molecule has 1 aliphatic carbocycles. The second-order valence-electron chi connectivity index (χ2n) is 12.0. The highest BCUT2D eigenvalue weighted by Crippen LogP contribution is 2.41. The van der Waals surface area contributed by atoms with Gasteiger partial charge in [-0.2, -0.15) is 0 Å². The van der Waals surface area contributed by atoms with Crippen LogP contribution in [0.3, 0.4) is 0 Å². The van der Waals surface area contributed by atoms with Gasteiger partial charge in [0, 0.05) is 9.58 Å². The van der Waals surface area contributed by atoms with Crippen LogP contribution in [0.25, 0.3) is 49.5 Å². The van der Waals surface area contributed by atoms with Crippen molar-refractivity contribution in [1.29, 1.82) is 0 Å². The van der Waals surface area contributed by atoms with E-state index < -0.39 is 0 Å². The highest BCUT2D eigenvalue weighted by molar-refractivity contribution is 7.20. The topological polar surface area (TPSA) is 9.23 Å². The van der Waals surface area contributed by atoms with Crippen molar-refractivity contribution in [1.82, 2.24) is 0 Å². The third kappa shape index (κ3) is 4.55. The van der Waals surface area contributed by atoms with Crippen LogP contribution in [0, 0.1) is 0 Å². The van der Waals surface area contributed by atoms with E-state index in [4.69, 9.17) is 4.74 Å². The minimum absolute atomic E-state index is 0.142. The molecule has 1 nitrogen and oxygen atoms in total. The molecule has 7 aromatic rings. The van der Waals surface area contributed by atoms with Crippen molar-refractivity contribution in [2.75, 3.05) is 0 Å². The van der Waals surface area contributed by atoms with E-state index in [1.807, 2.05) is 11.3 Å². The van der Waals surface area contributed by atoms with Crippen LogP contribution < -0.4 is 21.1 Å². The number of thiophene rings is 1. The number of aryl methyl sites for hydroxylation is 1. The van der Waals surface area contributed by atoms with Gasteiger partial charge in [-0.05, 0) is 98.4 Å². The van der Waals surface area contributed by atoms with Crippen molar-refractivity contribution in [2.45, 2.75) is 12.8 Å². The van der Waals surface area contributed by atoms with Crippen LogP contribution in [0.1, 0.15) is 16.9 Å². The average Bonchev–Trinajstić information content (AvgIpc) is 3.50. The Balaban J connectivity index is 1.09. The third-order valence-electron chi connectivity index (χ3n) is 9.29. The summed E-state index contributed by atoms with van der Waals surface area (Å²) in [7, 11) is 0. The highest BCUT2D eigenvalue weighted by atomic mass is 32.1. The predicted molar refractivity (Wildman–Crippen MR) is 193 cm³/mol. The summed E-state index contributed by atoms with van der Waals surface area (Å²) < 4.78 is 7.93. The molecule has 0 bridgehead atoms. The number of ether oxygens (including phenoxy) is 1. The zero-order valence-electron chi connectivity index (χ0n) is 24.7. The number of rotatable bonds is 4. The lowest BCUT2D eigenvalue weighted by molar-refractivity contribution is 0.487. The summed E-state index contributed by atoms with van der Waals surface area (Å²) in [5.41, 5.74) is 12.5. The summed E-state index contributed by atoms with van der Waals surface area (Å²) in [6.45, 7) is 0.142. The number of hydrogen-bond acceptors (Lipinski definition) is 2. The molecule has 0 spiro atoms. The predicted octanol–water partition coefficient (Wildman–Crippen LogP) is 9.48. The van der Waals surface area contributed by atoms with Crippen LogP contribution in [-0.2, 0) is 6.42 Å². The van der Waals surface area contributed by atoms with Crippen LogP contribution in [0.5, 0.6) is 11.5 Å². The van der Waals surface area contributed by atoms with E-state index in [0.29, 0.717) is 0 Å². The summed E-state index contributed by atoms with van der Waals surface area (Å²) >= 11 is 1.93. The number of hydrogen-bond donors (Lipinski definition) is 0. The SMILES string of the molecule is C1=Cc2sc3c(-c4cccc(-c5cccc(-c6ccc7c(c6)Oc6ccccc6B7c6ccccc6)c5)c4)cccc3c2CC1. The van der Waals surface area contributed by atoms with Gasteiger partial charge in [0.15, 0.2) is 0 Å². The molecule has 0 atom stereocenters. The van der Waals surface area contributed by atoms with Gasteiger partial charge in [-0.15, -0.1) is 11.3 Å². The van der Waals surface area contributed by atoms with Gasteiger partial charge in [0.05, 0.1) is 0 Å². The van der Waals surface area contributed by atoms with Gasteiger partial charge in [-0.1, -0.05) is 127 Å². The summed E-state index contributed by atoms with van der Waals surface area (Å²) in [5.74, 6) is 1.85. The van der Waals surface area contributed by atoms with Gasteiger partial charge in [0.25, 0.3) is 6.71 Å². The number of benzene rings is 6. The summed E-state index contributed by atoms with van der Waals surface area (Å²) in [6, 6.07) is 50.6. The fraction of sp³-hybridized carbons (Fsp3) is 0.0476. The van der Waals surface area contributed by atoms with Gasteiger partial charge < -0.3 is 4.74 Å². The lowest BCUT2D eigenvalue weighted by Gasteiger charge is -2.27. The summed E-state index contributed by atoms with van der Waals surface area (Å²) in [4.78, 5) is 1.42. The Hall–Kier alpha value is -5.12. The molecule has 0 saturated carbocycles. The van der Waals surface area contributed by atoms with Crippen LogP contribution in [0.2, 0.25) is 0 Å². The molecule has 1 aliphatic heterocycles. The van der Waals surface area contributed by atoms with Crippen molar-refractivity contribution in [3.63, 3.8) is 0 Å². The normalized spacial score (nSPS) is 13.2. The Labute approximate surface area is 268 Å². The molecule has 0 fully saturated rings. The molecule has 9 rings (SSSR count). The maximum absolute atomic E-state index is 6.53. The molecule has 2 aliphatic rings. The van der Waals surface area contributed by atoms with Crippen molar-refractivity contribution in [3.05, 3.63) is 156 Å². The molecule has 0 radical (unpaired) electrons. The maximum Gasteiger partial charge on any atom is 0.250 e. The maximum atomic E-state index is 6.53. The lowest BCUT2D eigenvalue weighted by atomic mass is 9.36.